The Hall–Kier alpha value is -7.94. The molecule has 10 aromatic carbocycles. The fourth-order valence-electron chi connectivity index (χ4n) is 9.80. The van der Waals surface area contributed by atoms with Gasteiger partial charge < -0.3 is 9.80 Å². The molecular weight excluding hydrogens is 761 g/mol. The van der Waals surface area contributed by atoms with Crippen LogP contribution in [0.4, 0.5) is 34.1 Å². The summed E-state index contributed by atoms with van der Waals surface area (Å²) in [6.45, 7) is 4.73. The van der Waals surface area contributed by atoms with Crippen LogP contribution in [0.2, 0.25) is 0 Å². The van der Waals surface area contributed by atoms with Crippen molar-refractivity contribution in [2.24, 2.45) is 0 Å². The van der Waals surface area contributed by atoms with Gasteiger partial charge in [-0.15, -0.1) is 0 Å². The summed E-state index contributed by atoms with van der Waals surface area (Å²) in [5, 5.41) is 2.44. The lowest BCUT2D eigenvalue weighted by molar-refractivity contribution is 0.660. The minimum Gasteiger partial charge on any atom is -0.310 e. The van der Waals surface area contributed by atoms with Crippen molar-refractivity contribution in [3.05, 3.63) is 254 Å². The highest BCUT2D eigenvalue weighted by molar-refractivity contribution is 6.05. The Labute approximate surface area is 370 Å². The molecule has 0 N–H and O–H groups in total. The van der Waals surface area contributed by atoms with Gasteiger partial charge in [0.05, 0.1) is 11.4 Å². The predicted octanol–water partition coefficient (Wildman–Crippen LogP) is 17.1. The molecule has 0 spiro atoms. The number of para-hydroxylation sites is 3. The monoisotopic (exact) mass is 806 g/mol. The molecule has 10 aromatic rings. The molecule has 1 aliphatic rings. The molecule has 63 heavy (non-hydrogen) atoms. The summed E-state index contributed by atoms with van der Waals surface area (Å²) in [4.78, 5) is 4.83. The summed E-state index contributed by atoms with van der Waals surface area (Å²) < 4.78 is 0. The van der Waals surface area contributed by atoms with Crippen LogP contribution in [0.15, 0.2) is 243 Å². The van der Waals surface area contributed by atoms with Crippen molar-refractivity contribution >= 4 is 44.9 Å². The van der Waals surface area contributed by atoms with Crippen LogP contribution < -0.4 is 9.80 Å². The average Bonchev–Trinajstić information content (AvgIpc) is 3.58. The highest BCUT2D eigenvalue weighted by atomic mass is 15.1. The normalized spacial score (nSPS) is 12.4. The third-order valence-electron chi connectivity index (χ3n) is 12.8. The number of anilines is 6. The standard InChI is InChI=1S/C61H46N2/c1-61(2)56-34-16-14-33-54(56)55-38-37-51(42-57(55)61)63(59-39-36-43-20-12-13-32-53(43)60(59)44-21-6-3-7-22-44)50-30-19-24-46(41-50)45-23-18-25-47(40-45)52-31-15-17-35-58(52)62(48-26-8-4-9-27-48)49-28-10-5-11-29-49/h3-42H,1-2H3. The van der Waals surface area contributed by atoms with E-state index in [0.717, 1.165) is 56.4 Å². The lowest BCUT2D eigenvalue weighted by Crippen LogP contribution is -2.17. The van der Waals surface area contributed by atoms with E-state index < -0.39 is 0 Å². The molecule has 2 nitrogen and oxygen atoms in total. The summed E-state index contributed by atoms with van der Waals surface area (Å²) in [6, 6.07) is 88.3. The lowest BCUT2D eigenvalue weighted by atomic mass is 9.82. The third kappa shape index (κ3) is 6.77. The molecule has 0 atom stereocenters. The Morgan fingerprint density at radius 1 is 0.302 bits per heavy atom. The Bertz CT molecular complexity index is 3220. The fraction of sp³-hybridized carbons (Fsp3) is 0.0492. The topological polar surface area (TPSA) is 6.48 Å². The van der Waals surface area contributed by atoms with E-state index in [9.17, 15) is 0 Å². The van der Waals surface area contributed by atoms with Gasteiger partial charge in [0.15, 0.2) is 0 Å². The Morgan fingerprint density at radius 3 is 1.59 bits per heavy atom. The van der Waals surface area contributed by atoms with Gasteiger partial charge in [-0.2, -0.15) is 0 Å². The molecule has 0 fully saturated rings. The first kappa shape index (κ1) is 38.0. The number of hydrogen-bond acceptors (Lipinski definition) is 2. The molecule has 300 valence electrons. The molecule has 1 aliphatic carbocycles. The van der Waals surface area contributed by atoms with Crippen molar-refractivity contribution in [2.75, 3.05) is 9.80 Å². The molecular formula is C61H46N2. The molecule has 0 unspecified atom stereocenters. The summed E-state index contributed by atoms with van der Waals surface area (Å²) in [5.41, 5.74) is 18.9. The molecule has 0 saturated carbocycles. The highest BCUT2D eigenvalue weighted by Crippen LogP contribution is 2.52. The van der Waals surface area contributed by atoms with Crippen LogP contribution >= 0.6 is 0 Å². The maximum absolute atomic E-state index is 2.48. The Kier molecular flexibility index (Phi) is 9.55. The van der Waals surface area contributed by atoms with Gasteiger partial charge in [-0.25, -0.2) is 0 Å². The summed E-state index contributed by atoms with van der Waals surface area (Å²) in [5.74, 6) is 0. The van der Waals surface area contributed by atoms with Crippen molar-refractivity contribution in [1.82, 2.24) is 0 Å². The fourth-order valence-corrected chi connectivity index (χ4v) is 9.80. The number of fused-ring (bicyclic) bond motifs is 4. The zero-order chi connectivity index (χ0) is 42.3. The second kappa shape index (κ2) is 15.8. The van der Waals surface area contributed by atoms with Crippen LogP contribution in [0.3, 0.4) is 0 Å². The first-order valence-electron chi connectivity index (χ1n) is 21.8. The molecule has 0 bridgehead atoms. The third-order valence-corrected chi connectivity index (χ3v) is 12.8. The van der Waals surface area contributed by atoms with Gasteiger partial charge in [0.2, 0.25) is 0 Å². The van der Waals surface area contributed by atoms with E-state index in [2.05, 4.69) is 266 Å². The van der Waals surface area contributed by atoms with Crippen LogP contribution in [0, 0.1) is 0 Å². The summed E-state index contributed by atoms with van der Waals surface area (Å²) in [6.07, 6.45) is 0. The quantitative estimate of drug-likeness (QED) is 0.143. The van der Waals surface area contributed by atoms with Gasteiger partial charge >= 0.3 is 0 Å². The molecule has 0 aliphatic heterocycles. The van der Waals surface area contributed by atoms with Gasteiger partial charge in [0, 0.05) is 39.3 Å². The first-order valence-corrected chi connectivity index (χ1v) is 21.8. The second-order valence-corrected chi connectivity index (χ2v) is 16.9. The van der Waals surface area contributed by atoms with Gasteiger partial charge in [0.1, 0.15) is 0 Å². The van der Waals surface area contributed by atoms with Gasteiger partial charge in [-0.3, -0.25) is 0 Å². The molecule has 0 aromatic heterocycles. The maximum atomic E-state index is 2.48. The van der Waals surface area contributed by atoms with Crippen molar-refractivity contribution < 1.29 is 0 Å². The zero-order valence-electron chi connectivity index (χ0n) is 35.5. The molecule has 0 saturated heterocycles. The smallest absolute Gasteiger partial charge is 0.0546 e. The summed E-state index contributed by atoms with van der Waals surface area (Å²) >= 11 is 0. The van der Waals surface area contributed by atoms with Crippen LogP contribution in [-0.4, -0.2) is 0 Å². The minimum absolute atomic E-state index is 0.144. The molecule has 11 rings (SSSR count). The second-order valence-electron chi connectivity index (χ2n) is 16.9. The van der Waals surface area contributed by atoms with E-state index in [1.54, 1.807) is 0 Å². The molecule has 0 heterocycles. The number of nitrogens with zero attached hydrogens (tertiary/aromatic N) is 2. The van der Waals surface area contributed by atoms with E-state index in [1.165, 1.54) is 44.2 Å². The SMILES string of the molecule is CC1(C)c2ccccc2-c2ccc(N(c3cccc(-c4cccc(-c5ccccc5N(c5ccccc5)c5ccccc5)c4)c3)c3ccc4ccccc4c3-c3ccccc3)cc21. The number of hydrogen-bond donors (Lipinski definition) is 0. The number of benzene rings is 10. The van der Waals surface area contributed by atoms with E-state index in [4.69, 9.17) is 0 Å². The molecule has 0 radical (unpaired) electrons. The summed E-state index contributed by atoms with van der Waals surface area (Å²) in [7, 11) is 0. The van der Waals surface area contributed by atoms with E-state index in [-0.39, 0.29) is 5.41 Å². The lowest BCUT2D eigenvalue weighted by Gasteiger charge is -2.31. The van der Waals surface area contributed by atoms with E-state index in [1.807, 2.05) is 0 Å². The predicted molar refractivity (Wildman–Crippen MR) is 267 cm³/mol. The van der Waals surface area contributed by atoms with E-state index >= 15 is 0 Å². The van der Waals surface area contributed by atoms with Crippen LogP contribution in [-0.2, 0) is 5.41 Å². The minimum atomic E-state index is -0.144. The Morgan fingerprint density at radius 2 is 0.825 bits per heavy atom. The van der Waals surface area contributed by atoms with Gasteiger partial charge in [-0.05, 0) is 122 Å². The van der Waals surface area contributed by atoms with Crippen molar-refractivity contribution in [3.8, 4) is 44.5 Å². The zero-order valence-corrected chi connectivity index (χ0v) is 35.5. The van der Waals surface area contributed by atoms with Crippen molar-refractivity contribution in [2.45, 2.75) is 19.3 Å². The Balaban J connectivity index is 1.08. The number of rotatable bonds is 9. The average molecular weight is 807 g/mol. The van der Waals surface area contributed by atoms with Crippen LogP contribution in [0.25, 0.3) is 55.3 Å². The van der Waals surface area contributed by atoms with Gasteiger partial charge in [-0.1, -0.05) is 190 Å². The highest BCUT2D eigenvalue weighted by Gasteiger charge is 2.36. The van der Waals surface area contributed by atoms with Crippen molar-refractivity contribution in [3.63, 3.8) is 0 Å². The van der Waals surface area contributed by atoms with Crippen molar-refractivity contribution in [1.29, 1.82) is 0 Å². The van der Waals surface area contributed by atoms with Crippen LogP contribution in [0.1, 0.15) is 25.0 Å². The molecule has 0 amide bonds. The van der Waals surface area contributed by atoms with Gasteiger partial charge in [0.25, 0.3) is 0 Å². The molecule has 2 heteroatoms. The first-order chi connectivity index (χ1) is 31.0. The van der Waals surface area contributed by atoms with E-state index in [0.29, 0.717) is 0 Å². The maximum Gasteiger partial charge on any atom is 0.0546 e. The largest absolute Gasteiger partial charge is 0.310 e. The van der Waals surface area contributed by atoms with Crippen LogP contribution in [0.5, 0.6) is 0 Å².